The van der Waals surface area contributed by atoms with Crippen LogP contribution in [0.25, 0.3) is 11.4 Å². The molecule has 0 aliphatic heterocycles. The van der Waals surface area contributed by atoms with Crippen molar-refractivity contribution in [2.24, 2.45) is 0 Å². The molecule has 0 amide bonds. The molecule has 0 saturated carbocycles. The summed E-state index contributed by atoms with van der Waals surface area (Å²) in [4.78, 5) is 4.50. The van der Waals surface area contributed by atoms with Crippen molar-refractivity contribution in [1.82, 2.24) is 15.2 Å². The summed E-state index contributed by atoms with van der Waals surface area (Å²) in [5.74, 6) is -1.64. The van der Waals surface area contributed by atoms with E-state index in [0.717, 1.165) is 12.1 Å². The van der Waals surface area contributed by atoms with E-state index in [4.69, 9.17) is 27.5 Å². The first-order valence-corrected chi connectivity index (χ1v) is 9.74. The van der Waals surface area contributed by atoms with E-state index in [1.807, 2.05) is 6.92 Å². The van der Waals surface area contributed by atoms with E-state index >= 15 is 0 Å². The highest BCUT2D eigenvalue weighted by molar-refractivity contribution is 6.30. The smallest absolute Gasteiger partial charge is 0.192 e. The Morgan fingerprint density at radius 1 is 1.27 bits per heavy atom. The summed E-state index contributed by atoms with van der Waals surface area (Å²) >= 11 is 5.70. The number of ether oxygens (including phenoxy) is 1. The molecule has 0 aliphatic carbocycles. The summed E-state index contributed by atoms with van der Waals surface area (Å²) in [6.45, 7) is 5.25. The average Bonchev–Trinajstić information content (AvgIpc) is 3.16. The van der Waals surface area contributed by atoms with Gasteiger partial charge in [0.15, 0.2) is 34.6 Å². The second kappa shape index (κ2) is 8.39. The first-order valence-electron chi connectivity index (χ1n) is 9.36. The van der Waals surface area contributed by atoms with Crippen LogP contribution in [0.3, 0.4) is 0 Å². The lowest BCUT2D eigenvalue weighted by atomic mass is 9.99. The van der Waals surface area contributed by atoms with Crippen LogP contribution in [0.2, 0.25) is 5.02 Å². The van der Waals surface area contributed by atoms with Gasteiger partial charge in [-0.2, -0.15) is 5.10 Å². The molecule has 3 aromatic rings. The summed E-state index contributed by atoms with van der Waals surface area (Å²) in [5, 5.41) is 14.8. The van der Waals surface area contributed by atoms with Gasteiger partial charge in [-0.05, 0) is 50.6 Å². The van der Waals surface area contributed by atoms with Gasteiger partial charge in [0.05, 0.1) is 0 Å². The van der Waals surface area contributed by atoms with Gasteiger partial charge in [0, 0.05) is 27.5 Å². The average molecular weight is 434 g/mol. The first kappa shape index (κ1) is 21.7. The number of nitrogen functional groups attached to an aromatic ring is 1. The number of benzene rings is 2. The van der Waals surface area contributed by atoms with Crippen LogP contribution in [-0.4, -0.2) is 20.9 Å². The number of H-pyrrole nitrogens is 1. The summed E-state index contributed by atoms with van der Waals surface area (Å²) in [6, 6.07) is 7.13. The van der Waals surface area contributed by atoms with Crippen LogP contribution in [0.15, 0.2) is 30.3 Å². The molecular weight excluding hydrogens is 412 g/mol. The fourth-order valence-electron chi connectivity index (χ4n) is 3.19. The van der Waals surface area contributed by atoms with E-state index in [-0.39, 0.29) is 5.02 Å². The Labute approximate surface area is 177 Å². The lowest BCUT2D eigenvalue weighted by Crippen LogP contribution is -2.31. The third-order valence-electron chi connectivity index (χ3n) is 4.72. The lowest BCUT2D eigenvalue weighted by molar-refractivity contribution is 0.0572. The normalized spacial score (nSPS) is 13.1. The Kier molecular flexibility index (Phi) is 6.07. The predicted octanol–water partition coefficient (Wildman–Crippen LogP) is 5.47. The number of aromatic nitrogens is 3. The summed E-state index contributed by atoms with van der Waals surface area (Å²) in [7, 11) is 0. The number of anilines is 1. The molecule has 1 atom stereocenters. The minimum atomic E-state index is -1.16. The number of hydrogen-bond acceptors (Lipinski definition) is 5. The van der Waals surface area contributed by atoms with Crippen molar-refractivity contribution in [1.29, 1.82) is 5.41 Å². The zero-order valence-corrected chi connectivity index (χ0v) is 17.6. The molecule has 0 radical (unpaired) electrons. The third-order valence-corrected chi connectivity index (χ3v) is 4.94. The van der Waals surface area contributed by atoms with Gasteiger partial charge in [-0.1, -0.05) is 24.9 Å². The van der Waals surface area contributed by atoms with Crippen LogP contribution in [0, 0.1) is 17.0 Å². The standard InChI is InChI=1S/C21H22ClF2N5O/c1-4-7-21(3,30-18-15(23)9-13(22)10-16(18)24)20-27-19(28-29-20)12-5-6-17(26)14(8-12)11(2)25/h5-6,8-10,25H,4,7,26H2,1-3H3,(H,27,28,29). The zero-order chi connectivity index (χ0) is 22.1. The van der Waals surface area contributed by atoms with Crippen molar-refractivity contribution >= 4 is 23.0 Å². The lowest BCUT2D eigenvalue weighted by Gasteiger charge is -2.28. The maximum atomic E-state index is 14.3. The number of aromatic amines is 1. The Balaban J connectivity index is 2.00. The van der Waals surface area contributed by atoms with E-state index in [1.54, 1.807) is 32.0 Å². The number of nitrogens with two attached hydrogens (primary N) is 1. The van der Waals surface area contributed by atoms with Crippen LogP contribution < -0.4 is 10.5 Å². The van der Waals surface area contributed by atoms with Crippen molar-refractivity contribution in [2.75, 3.05) is 5.73 Å². The summed E-state index contributed by atoms with van der Waals surface area (Å²) < 4.78 is 34.4. The molecule has 0 fully saturated rings. The quantitative estimate of drug-likeness (QED) is 0.340. The second-order valence-electron chi connectivity index (χ2n) is 7.22. The minimum Gasteiger partial charge on any atom is -0.473 e. The number of halogens is 3. The van der Waals surface area contributed by atoms with Gasteiger partial charge in [0.1, 0.15) is 0 Å². The van der Waals surface area contributed by atoms with Crippen LogP contribution >= 0.6 is 11.6 Å². The SMILES string of the molecule is CCCC(C)(Oc1c(F)cc(Cl)cc1F)c1nc(-c2ccc(N)c(C(C)=N)c2)n[nH]1. The van der Waals surface area contributed by atoms with Gasteiger partial charge in [0.2, 0.25) is 0 Å². The molecule has 6 nitrogen and oxygen atoms in total. The number of hydrogen-bond donors (Lipinski definition) is 3. The van der Waals surface area contributed by atoms with Crippen molar-refractivity contribution in [3.05, 3.63) is 58.4 Å². The topological polar surface area (TPSA) is 101 Å². The highest BCUT2D eigenvalue weighted by atomic mass is 35.5. The predicted molar refractivity (Wildman–Crippen MR) is 113 cm³/mol. The molecule has 0 bridgehead atoms. The van der Waals surface area contributed by atoms with Gasteiger partial charge < -0.3 is 15.9 Å². The molecule has 1 heterocycles. The Hall–Kier alpha value is -3.00. The largest absolute Gasteiger partial charge is 0.473 e. The highest BCUT2D eigenvalue weighted by Crippen LogP contribution is 2.35. The van der Waals surface area contributed by atoms with Crippen LogP contribution in [-0.2, 0) is 5.60 Å². The molecule has 1 aromatic heterocycles. The Bertz CT molecular complexity index is 1080. The van der Waals surface area contributed by atoms with Crippen LogP contribution in [0.5, 0.6) is 5.75 Å². The van der Waals surface area contributed by atoms with Crippen molar-refractivity contribution in [2.45, 2.75) is 39.2 Å². The van der Waals surface area contributed by atoms with E-state index in [9.17, 15) is 8.78 Å². The first-order chi connectivity index (χ1) is 14.1. The highest BCUT2D eigenvalue weighted by Gasteiger charge is 2.34. The van der Waals surface area contributed by atoms with E-state index in [0.29, 0.717) is 47.0 Å². The van der Waals surface area contributed by atoms with Gasteiger partial charge in [-0.25, -0.2) is 13.8 Å². The summed E-state index contributed by atoms with van der Waals surface area (Å²) in [6.07, 6.45) is 1.10. The molecule has 1 unspecified atom stereocenters. The summed E-state index contributed by atoms with van der Waals surface area (Å²) in [5.41, 5.74) is 6.78. The monoisotopic (exact) mass is 433 g/mol. The molecule has 9 heteroatoms. The van der Waals surface area contributed by atoms with Gasteiger partial charge in [0.25, 0.3) is 0 Å². The van der Waals surface area contributed by atoms with Gasteiger partial charge in [-0.3, -0.25) is 5.10 Å². The molecular formula is C21H22ClF2N5O. The fraction of sp³-hybridized carbons (Fsp3) is 0.286. The molecule has 0 aliphatic rings. The van der Waals surface area contributed by atoms with E-state index < -0.39 is 23.0 Å². The van der Waals surface area contributed by atoms with E-state index in [1.165, 1.54) is 0 Å². The maximum Gasteiger partial charge on any atom is 0.192 e. The number of nitrogens with zero attached hydrogens (tertiary/aromatic N) is 2. The molecule has 158 valence electrons. The maximum absolute atomic E-state index is 14.3. The molecule has 0 saturated heterocycles. The second-order valence-corrected chi connectivity index (χ2v) is 7.65. The number of rotatable bonds is 7. The molecule has 4 N–H and O–H groups in total. The van der Waals surface area contributed by atoms with Gasteiger partial charge in [-0.15, -0.1) is 0 Å². The number of nitrogens with one attached hydrogen (secondary N) is 2. The van der Waals surface area contributed by atoms with E-state index in [2.05, 4.69) is 15.2 Å². The molecule has 2 aromatic carbocycles. The molecule has 3 rings (SSSR count). The Morgan fingerprint density at radius 2 is 1.93 bits per heavy atom. The van der Waals surface area contributed by atoms with Crippen molar-refractivity contribution < 1.29 is 13.5 Å². The minimum absolute atomic E-state index is 0.0582. The molecule has 30 heavy (non-hydrogen) atoms. The van der Waals surface area contributed by atoms with Gasteiger partial charge >= 0.3 is 0 Å². The van der Waals surface area contributed by atoms with Crippen molar-refractivity contribution in [3.63, 3.8) is 0 Å². The Morgan fingerprint density at radius 3 is 2.53 bits per heavy atom. The third kappa shape index (κ3) is 4.28. The van der Waals surface area contributed by atoms with Crippen LogP contribution in [0.1, 0.15) is 45.0 Å². The van der Waals surface area contributed by atoms with Crippen LogP contribution in [0.4, 0.5) is 14.5 Å². The van der Waals surface area contributed by atoms with Crippen molar-refractivity contribution in [3.8, 4) is 17.1 Å². The fourth-order valence-corrected chi connectivity index (χ4v) is 3.39. The molecule has 0 spiro atoms. The zero-order valence-electron chi connectivity index (χ0n) is 16.8.